The highest BCUT2D eigenvalue weighted by atomic mass is 16.5. The van der Waals surface area contributed by atoms with Gasteiger partial charge in [0.1, 0.15) is 5.75 Å². The quantitative estimate of drug-likeness (QED) is 0.767. The molecule has 2 aromatic rings. The lowest BCUT2D eigenvalue weighted by molar-refractivity contribution is -0.130. The highest BCUT2D eigenvalue weighted by Gasteiger charge is 2.31. The fourth-order valence-corrected chi connectivity index (χ4v) is 3.63. The van der Waals surface area contributed by atoms with Crippen molar-refractivity contribution in [1.29, 1.82) is 0 Å². The van der Waals surface area contributed by atoms with Gasteiger partial charge in [-0.2, -0.15) is 0 Å². The van der Waals surface area contributed by atoms with Crippen molar-refractivity contribution in [3.63, 3.8) is 0 Å². The van der Waals surface area contributed by atoms with Crippen LogP contribution in [0.25, 0.3) is 0 Å². The molecule has 6 heteroatoms. The minimum absolute atomic E-state index is 0.210. The van der Waals surface area contributed by atoms with E-state index in [2.05, 4.69) is 16.5 Å². The number of carbonyl (C=O) groups excluding carboxylic acids is 1. The molecule has 0 bridgehead atoms. The van der Waals surface area contributed by atoms with Crippen molar-refractivity contribution in [3.8, 4) is 5.75 Å². The van der Waals surface area contributed by atoms with Crippen molar-refractivity contribution in [2.45, 2.75) is 51.0 Å². The van der Waals surface area contributed by atoms with E-state index in [0.717, 1.165) is 36.5 Å². The Morgan fingerprint density at radius 3 is 2.92 bits per heavy atom. The minimum Gasteiger partial charge on any atom is -0.494 e. The van der Waals surface area contributed by atoms with Crippen molar-refractivity contribution < 1.29 is 9.53 Å². The number of amides is 1. The molecular formula is C20H26N4O2. The molecule has 1 atom stereocenters. The van der Waals surface area contributed by atoms with Gasteiger partial charge in [-0.1, -0.05) is 23.4 Å². The number of aryl methyl sites for hydroxylation is 1. The third kappa shape index (κ3) is 3.74. The van der Waals surface area contributed by atoms with E-state index in [0.29, 0.717) is 25.4 Å². The zero-order valence-corrected chi connectivity index (χ0v) is 15.3. The van der Waals surface area contributed by atoms with Crippen LogP contribution in [0.2, 0.25) is 0 Å². The van der Waals surface area contributed by atoms with Crippen LogP contribution in [-0.2, 0) is 11.2 Å². The fourth-order valence-electron chi connectivity index (χ4n) is 3.63. The Morgan fingerprint density at radius 1 is 1.27 bits per heavy atom. The average Bonchev–Trinajstić information content (AvgIpc) is 3.19. The van der Waals surface area contributed by atoms with Crippen LogP contribution in [0.1, 0.15) is 55.8 Å². The molecule has 1 saturated heterocycles. The maximum atomic E-state index is 12.6. The Balaban J connectivity index is 1.31. The summed E-state index contributed by atoms with van der Waals surface area (Å²) in [5.74, 6) is 1.71. The summed E-state index contributed by atoms with van der Waals surface area (Å²) in [5, 5.41) is 8.58. The third-order valence-electron chi connectivity index (χ3n) is 5.29. The Morgan fingerprint density at radius 2 is 2.12 bits per heavy atom. The second-order valence-electron chi connectivity index (χ2n) is 7.22. The smallest absolute Gasteiger partial charge is 0.222 e. The highest BCUT2D eigenvalue weighted by Crippen LogP contribution is 2.39. The first-order valence-electron chi connectivity index (χ1n) is 9.64. The molecule has 0 N–H and O–H groups in total. The van der Waals surface area contributed by atoms with Gasteiger partial charge in [0.25, 0.3) is 0 Å². The molecule has 4 rings (SSSR count). The van der Waals surface area contributed by atoms with E-state index in [9.17, 15) is 4.79 Å². The molecule has 6 nitrogen and oxygen atoms in total. The largest absolute Gasteiger partial charge is 0.494 e. The zero-order valence-electron chi connectivity index (χ0n) is 15.3. The fraction of sp³-hybridized carbons (Fsp3) is 0.550. The molecule has 1 aliphatic heterocycles. The van der Waals surface area contributed by atoms with E-state index in [1.807, 2.05) is 40.8 Å². The first-order chi connectivity index (χ1) is 12.7. The Hall–Kier alpha value is -2.37. The van der Waals surface area contributed by atoms with Crippen molar-refractivity contribution >= 4 is 5.91 Å². The summed E-state index contributed by atoms with van der Waals surface area (Å²) in [6.07, 6.45) is 6.73. The van der Waals surface area contributed by atoms with Crippen LogP contribution in [0.15, 0.2) is 30.5 Å². The van der Waals surface area contributed by atoms with Gasteiger partial charge in [-0.25, -0.2) is 4.68 Å². The predicted octanol–water partition coefficient (Wildman–Crippen LogP) is 2.96. The molecule has 26 heavy (non-hydrogen) atoms. The maximum absolute atomic E-state index is 12.6. The van der Waals surface area contributed by atoms with Crippen LogP contribution in [0.3, 0.4) is 0 Å². The second-order valence-corrected chi connectivity index (χ2v) is 7.22. The normalized spacial score (nSPS) is 19.7. The molecule has 1 aromatic carbocycles. The van der Waals surface area contributed by atoms with Crippen LogP contribution in [-0.4, -0.2) is 45.5 Å². The van der Waals surface area contributed by atoms with Crippen LogP contribution in [0.5, 0.6) is 5.75 Å². The van der Waals surface area contributed by atoms with Gasteiger partial charge in [-0.3, -0.25) is 4.79 Å². The van der Waals surface area contributed by atoms with Crippen molar-refractivity contribution in [2.75, 3.05) is 19.7 Å². The summed E-state index contributed by atoms with van der Waals surface area (Å²) >= 11 is 0. The van der Waals surface area contributed by atoms with Crippen molar-refractivity contribution in [3.05, 3.63) is 41.7 Å². The molecule has 1 aliphatic carbocycles. The van der Waals surface area contributed by atoms with Gasteiger partial charge in [0.2, 0.25) is 5.91 Å². The van der Waals surface area contributed by atoms with E-state index in [4.69, 9.17) is 4.74 Å². The minimum atomic E-state index is 0.210. The number of rotatable bonds is 7. The van der Waals surface area contributed by atoms with Gasteiger partial charge >= 0.3 is 0 Å². The van der Waals surface area contributed by atoms with E-state index in [1.165, 1.54) is 12.8 Å². The van der Waals surface area contributed by atoms with Crippen LogP contribution in [0.4, 0.5) is 0 Å². The number of hydrogen-bond acceptors (Lipinski definition) is 4. The molecule has 0 radical (unpaired) electrons. The van der Waals surface area contributed by atoms with Crippen LogP contribution in [0, 0.1) is 0 Å². The second kappa shape index (κ2) is 7.48. The molecule has 2 fully saturated rings. The number of ether oxygens (including phenoxy) is 1. The van der Waals surface area contributed by atoms with Gasteiger partial charge in [-0.15, -0.1) is 5.10 Å². The molecular weight excluding hydrogens is 328 g/mol. The van der Waals surface area contributed by atoms with E-state index < -0.39 is 0 Å². The first-order valence-corrected chi connectivity index (χ1v) is 9.64. The van der Waals surface area contributed by atoms with E-state index >= 15 is 0 Å². The molecule has 2 heterocycles. The number of para-hydroxylation sites is 1. The number of carbonyl (C=O) groups is 1. The molecule has 2 aliphatic rings. The predicted molar refractivity (Wildman–Crippen MR) is 98.2 cm³/mol. The van der Waals surface area contributed by atoms with Gasteiger partial charge in [-0.05, 0) is 44.2 Å². The molecule has 1 unspecified atom stereocenters. The number of hydrogen-bond donors (Lipinski definition) is 0. The summed E-state index contributed by atoms with van der Waals surface area (Å²) in [5.41, 5.74) is 2.21. The van der Waals surface area contributed by atoms with E-state index in [1.54, 1.807) is 0 Å². The summed E-state index contributed by atoms with van der Waals surface area (Å²) < 4.78 is 7.62. The third-order valence-corrected chi connectivity index (χ3v) is 5.29. The Labute approximate surface area is 154 Å². The zero-order chi connectivity index (χ0) is 17.9. The van der Waals surface area contributed by atoms with E-state index in [-0.39, 0.29) is 11.9 Å². The Kier molecular flexibility index (Phi) is 4.91. The number of likely N-dealkylation sites (tertiary alicyclic amines) is 1. The lowest BCUT2D eigenvalue weighted by Crippen LogP contribution is -2.29. The number of benzene rings is 1. The molecule has 138 valence electrons. The Bertz CT molecular complexity index is 769. The topological polar surface area (TPSA) is 60.2 Å². The SMILES string of the molecule is CCOc1ccccc1CCC(=O)N1CCC(n2cc(C3CC3)nn2)C1. The molecule has 1 aromatic heterocycles. The molecule has 1 amide bonds. The van der Waals surface area contributed by atoms with Gasteiger partial charge in [0.15, 0.2) is 0 Å². The van der Waals surface area contributed by atoms with Crippen molar-refractivity contribution in [1.82, 2.24) is 19.9 Å². The first kappa shape index (κ1) is 17.1. The van der Waals surface area contributed by atoms with Gasteiger partial charge < -0.3 is 9.64 Å². The average molecular weight is 354 g/mol. The summed E-state index contributed by atoms with van der Waals surface area (Å²) in [7, 11) is 0. The molecule has 1 saturated carbocycles. The summed E-state index contributed by atoms with van der Waals surface area (Å²) in [6, 6.07) is 8.23. The maximum Gasteiger partial charge on any atom is 0.222 e. The summed E-state index contributed by atoms with van der Waals surface area (Å²) in [4.78, 5) is 14.6. The standard InChI is InChI=1S/C20H26N4O2/c1-2-26-19-6-4-3-5-16(19)9-10-20(25)23-12-11-17(13-23)24-14-18(21-22-24)15-7-8-15/h3-6,14-15,17H,2,7-13H2,1H3. The molecule has 0 spiro atoms. The van der Waals surface area contributed by atoms with Crippen LogP contribution < -0.4 is 4.74 Å². The lowest BCUT2D eigenvalue weighted by Gasteiger charge is -2.17. The van der Waals surface area contributed by atoms with Crippen LogP contribution >= 0.6 is 0 Å². The highest BCUT2D eigenvalue weighted by molar-refractivity contribution is 5.76. The van der Waals surface area contributed by atoms with Gasteiger partial charge in [0.05, 0.1) is 18.3 Å². The lowest BCUT2D eigenvalue weighted by atomic mass is 10.1. The summed E-state index contributed by atoms with van der Waals surface area (Å²) in [6.45, 7) is 4.15. The monoisotopic (exact) mass is 354 g/mol. The van der Waals surface area contributed by atoms with Gasteiger partial charge in [0, 0.05) is 31.6 Å². The van der Waals surface area contributed by atoms with Crippen molar-refractivity contribution in [2.24, 2.45) is 0 Å². The number of nitrogens with zero attached hydrogens (tertiary/aromatic N) is 4. The number of aromatic nitrogens is 3.